The van der Waals surface area contributed by atoms with Gasteiger partial charge >= 0.3 is 5.97 Å². The smallest absolute Gasteiger partial charge is 0.326 e. The molecular weight excluding hydrogens is 134 g/mol. The summed E-state index contributed by atoms with van der Waals surface area (Å²) in [5.74, 6) is -1.18. The molecule has 0 rings (SSSR count). The summed E-state index contributed by atoms with van der Waals surface area (Å²) in [7, 11) is 0. The summed E-state index contributed by atoms with van der Waals surface area (Å²) in [6, 6.07) is 0. The molecule has 1 unspecified atom stereocenters. The van der Waals surface area contributed by atoms with Crippen LogP contribution in [0, 0.1) is 0 Å². The Kier molecular flexibility index (Phi) is 2.80. The van der Waals surface area contributed by atoms with Crippen molar-refractivity contribution in [2.24, 2.45) is 5.73 Å². The van der Waals surface area contributed by atoms with Crippen LogP contribution < -0.4 is 5.73 Å². The average Bonchev–Trinajstić information content (AvgIpc) is 1.86. The minimum Gasteiger partial charge on any atom is -0.480 e. The maximum Gasteiger partial charge on any atom is 0.326 e. The molecule has 4 heteroatoms. The number of aliphatic hydroxyl groups is 1. The van der Waals surface area contributed by atoms with E-state index >= 15 is 0 Å². The fraction of sp³-hybridized carbons (Fsp3) is 0.833. The van der Waals surface area contributed by atoms with Crippen LogP contribution in [-0.4, -0.2) is 27.8 Å². The predicted molar refractivity (Wildman–Crippen MR) is 36.5 cm³/mol. The zero-order chi connectivity index (χ0) is 8.36. The Hall–Kier alpha value is -0.610. The number of carboxylic acid groups (broad SMARTS) is 1. The van der Waals surface area contributed by atoms with Crippen molar-refractivity contribution in [3.8, 4) is 0 Å². The van der Waals surface area contributed by atoms with Crippen molar-refractivity contribution in [1.82, 2.24) is 0 Å². The average molecular weight is 147 g/mol. The number of aliphatic carboxylic acids is 1. The van der Waals surface area contributed by atoms with E-state index in [0.717, 1.165) is 0 Å². The number of carbonyl (C=O) groups is 1. The lowest BCUT2D eigenvalue weighted by molar-refractivity contribution is -0.147. The van der Waals surface area contributed by atoms with E-state index in [1.165, 1.54) is 6.92 Å². The van der Waals surface area contributed by atoms with Gasteiger partial charge in [-0.3, -0.25) is 4.79 Å². The van der Waals surface area contributed by atoms with Crippen LogP contribution >= 0.6 is 0 Å². The Bertz CT molecular complexity index is 133. The maximum absolute atomic E-state index is 10.3. The fourth-order valence-corrected chi connectivity index (χ4v) is 0.567. The van der Waals surface area contributed by atoms with Crippen molar-refractivity contribution in [3.05, 3.63) is 0 Å². The predicted octanol–water partition coefficient (Wildman–Crippen LogP) is -0.441. The molecule has 0 aliphatic carbocycles. The maximum atomic E-state index is 10.3. The van der Waals surface area contributed by atoms with E-state index in [2.05, 4.69) is 0 Å². The van der Waals surface area contributed by atoms with E-state index in [-0.39, 0.29) is 0 Å². The Morgan fingerprint density at radius 1 is 1.80 bits per heavy atom. The molecule has 0 aliphatic rings. The summed E-state index contributed by atoms with van der Waals surface area (Å²) in [4.78, 5) is 10.3. The molecule has 0 aromatic rings. The van der Waals surface area contributed by atoms with Crippen molar-refractivity contribution >= 4 is 5.97 Å². The van der Waals surface area contributed by atoms with Gasteiger partial charge in [0, 0.05) is 0 Å². The second-order valence-corrected chi connectivity index (χ2v) is 2.51. The van der Waals surface area contributed by atoms with Crippen LogP contribution in [-0.2, 0) is 4.79 Å². The van der Waals surface area contributed by atoms with Gasteiger partial charge in [0.15, 0.2) is 0 Å². The number of rotatable bonds is 3. The second-order valence-electron chi connectivity index (χ2n) is 2.51. The molecule has 0 aromatic carbocycles. The van der Waals surface area contributed by atoms with E-state index < -0.39 is 17.6 Å². The summed E-state index contributed by atoms with van der Waals surface area (Å²) in [6.07, 6.45) is -0.635. The number of hydrogen-bond donors (Lipinski definition) is 3. The number of nitrogens with two attached hydrogens (primary N) is 1. The van der Waals surface area contributed by atoms with E-state index in [1.807, 2.05) is 0 Å². The highest BCUT2D eigenvalue weighted by molar-refractivity contribution is 5.78. The highest BCUT2D eigenvalue weighted by Crippen LogP contribution is 2.09. The summed E-state index contributed by atoms with van der Waals surface area (Å²) in [5, 5.41) is 17.5. The molecule has 0 radical (unpaired) electrons. The molecular formula is C6H13NO3. The third-order valence-electron chi connectivity index (χ3n) is 1.54. The topological polar surface area (TPSA) is 83.5 Å². The van der Waals surface area contributed by atoms with Crippen LogP contribution in [0.25, 0.3) is 0 Å². The van der Waals surface area contributed by atoms with Crippen LogP contribution in [0.2, 0.25) is 0 Å². The standard InChI is InChI=1S/C6H13NO3/c1-3-4(8)6(2,7)5(9)10/h4,8H,3,7H2,1-2H3,(H,9,10)/t4?,6-/m1/s1. The van der Waals surface area contributed by atoms with Crippen LogP contribution in [0.4, 0.5) is 0 Å². The van der Waals surface area contributed by atoms with Gasteiger partial charge in [0.2, 0.25) is 0 Å². The van der Waals surface area contributed by atoms with Gasteiger partial charge in [-0.15, -0.1) is 0 Å². The lowest BCUT2D eigenvalue weighted by atomic mass is 9.95. The zero-order valence-electron chi connectivity index (χ0n) is 6.16. The van der Waals surface area contributed by atoms with Gasteiger partial charge in [0.25, 0.3) is 0 Å². The van der Waals surface area contributed by atoms with Crippen molar-refractivity contribution in [2.75, 3.05) is 0 Å². The number of aliphatic hydroxyl groups excluding tert-OH is 1. The quantitative estimate of drug-likeness (QED) is 0.505. The Morgan fingerprint density at radius 2 is 2.20 bits per heavy atom. The normalized spacial score (nSPS) is 19.6. The van der Waals surface area contributed by atoms with Crippen LogP contribution in [0.5, 0.6) is 0 Å². The fourth-order valence-electron chi connectivity index (χ4n) is 0.567. The molecule has 2 atom stereocenters. The highest BCUT2D eigenvalue weighted by Gasteiger charge is 2.35. The summed E-state index contributed by atoms with van der Waals surface area (Å²) >= 11 is 0. The molecule has 0 saturated carbocycles. The first kappa shape index (κ1) is 9.39. The van der Waals surface area contributed by atoms with Gasteiger partial charge in [0.1, 0.15) is 5.54 Å². The zero-order valence-corrected chi connectivity index (χ0v) is 6.16. The Morgan fingerprint density at radius 3 is 2.30 bits per heavy atom. The molecule has 10 heavy (non-hydrogen) atoms. The summed E-state index contributed by atoms with van der Waals surface area (Å²) in [5.41, 5.74) is 3.74. The minimum absolute atomic E-state index is 0.347. The van der Waals surface area contributed by atoms with Gasteiger partial charge in [-0.05, 0) is 13.3 Å². The van der Waals surface area contributed by atoms with Crippen LogP contribution in [0.3, 0.4) is 0 Å². The van der Waals surface area contributed by atoms with Gasteiger partial charge in [0.05, 0.1) is 6.10 Å². The van der Waals surface area contributed by atoms with Crippen molar-refractivity contribution in [3.63, 3.8) is 0 Å². The first-order valence-corrected chi connectivity index (χ1v) is 3.13. The van der Waals surface area contributed by atoms with Crippen molar-refractivity contribution in [1.29, 1.82) is 0 Å². The molecule has 0 spiro atoms. The van der Waals surface area contributed by atoms with E-state index in [4.69, 9.17) is 15.9 Å². The molecule has 0 aliphatic heterocycles. The molecule has 0 fully saturated rings. The SMILES string of the molecule is CCC(O)[C@@](C)(N)C(=O)O. The molecule has 0 saturated heterocycles. The van der Waals surface area contributed by atoms with Gasteiger partial charge in [-0.25, -0.2) is 0 Å². The summed E-state index contributed by atoms with van der Waals surface area (Å²) in [6.45, 7) is 2.97. The monoisotopic (exact) mass is 147 g/mol. The van der Waals surface area contributed by atoms with Crippen molar-refractivity contribution in [2.45, 2.75) is 31.9 Å². The lowest BCUT2D eigenvalue weighted by Crippen LogP contribution is -2.54. The van der Waals surface area contributed by atoms with Crippen LogP contribution in [0.15, 0.2) is 0 Å². The van der Waals surface area contributed by atoms with Gasteiger partial charge in [-0.1, -0.05) is 6.92 Å². The summed E-state index contributed by atoms with van der Waals surface area (Å²) < 4.78 is 0. The first-order valence-electron chi connectivity index (χ1n) is 3.13. The van der Waals surface area contributed by atoms with E-state index in [0.29, 0.717) is 6.42 Å². The van der Waals surface area contributed by atoms with E-state index in [9.17, 15) is 4.79 Å². The van der Waals surface area contributed by atoms with Crippen molar-refractivity contribution < 1.29 is 15.0 Å². The number of carboxylic acids is 1. The molecule has 0 heterocycles. The molecule has 0 bridgehead atoms. The highest BCUT2D eigenvalue weighted by atomic mass is 16.4. The minimum atomic E-state index is -1.52. The first-order chi connectivity index (χ1) is 4.42. The Labute approximate surface area is 59.7 Å². The molecule has 0 amide bonds. The second kappa shape index (κ2) is 2.98. The van der Waals surface area contributed by atoms with Gasteiger partial charge in [-0.2, -0.15) is 0 Å². The molecule has 0 aromatic heterocycles. The third kappa shape index (κ3) is 1.68. The molecule has 60 valence electrons. The number of hydrogen-bond acceptors (Lipinski definition) is 3. The Balaban J connectivity index is 4.23. The van der Waals surface area contributed by atoms with E-state index in [1.54, 1.807) is 6.92 Å². The lowest BCUT2D eigenvalue weighted by Gasteiger charge is -2.24. The third-order valence-corrected chi connectivity index (χ3v) is 1.54. The molecule has 4 N–H and O–H groups in total. The molecule has 4 nitrogen and oxygen atoms in total. The largest absolute Gasteiger partial charge is 0.480 e. The van der Waals surface area contributed by atoms with Crippen LogP contribution in [0.1, 0.15) is 20.3 Å². The van der Waals surface area contributed by atoms with Gasteiger partial charge < -0.3 is 15.9 Å².